The maximum absolute atomic E-state index is 11.1. The molecule has 1 unspecified atom stereocenters. The Bertz CT molecular complexity index is 632. The smallest absolute Gasteiger partial charge is 0.329 e. The minimum absolute atomic E-state index is 0.0664. The molecule has 0 fully saturated rings. The molecule has 0 aliphatic rings. The fraction of sp³-hybridized carbons (Fsp3) is 0.588. The van der Waals surface area contributed by atoms with Gasteiger partial charge in [0.2, 0.25) is 0 Å². The summed E-state index contributed by atoms with van der Waals surface area (Å²) < 4.78 is 27.1. The summed E-state index contributed by atoms with van der Waals surface area (Å²) in [4.78, 5) is 10.2. The second kappa shape index (κ2) is 12.5. The molecule has 1 N–H and O–H groups in total. The van der Waals surface area contributed by atoms with Crippen LogP contribution in [0.1, 0.15) is 39.5 Å². The van der Waals surface area contributed by atoms with Crippen molar-refractivity contribution in [2.75, 3.05) is 19.5 Å². The number of hydrogen-bond acceptors (Lipinski definition) is 4. The second-order valence-electron chi connectivity index (χ2n) is 5.83. The Balaban J connectivity index is 0.000000462. The van der Waals surface area contributed by atoms with Gasteiger partial charge >= 0.3 is 5.97 Å². The van der Waals surface area contributed by atoms with Crippen LogP contribution in [0.4, 0.5) is 0 Å². The summed E-state index contributed by atoms with van der Waals surface area (Å²) in [5.41, 5.74) is 0. The Morgan fingerprint density at radius 2 is 1.92 bits per heavy atom. The Labute approximate surface area is 160 Å². The Kier molecular flexibility index (Phi) is 12.1. The highest BCUT2D eigenvalue weighted by molar-refractivity contribution is 7.90. The molecular weight excluding hydrogens is 387 g/mol. The summed E-state index contributed by atoms with van der Waals surface area (Å²) in [7, 11) is -3.27. The van der Waals surface area contributed by atoms with Gasteiger partial charge in [0.1, 0.15) is 6.61 Å². The molecule has 144 valence electrons. The standard InChI is InChI=1S/C10H20O3.C7H6Cl2O2S/c1-3-4-5-6-9(2)7-13-8-10(11)12;1-12(10,11)6-4-2-3-5(8)7(6)9/h9H,3-8H2,1-2H3,(H,11,12);2-4H,1H3. The molecule has 25 heavy (non-hydrogen) atoms. The largest absolute Gasteiger partial charge is 0.480 e. The Morgan fingerprint density at radius 3 is 2.40 bits per heavy atom. The molecule has 0 saturated carbocycles. The van der Waals surface area contributed by atoms with E-state index in [0.29, 0.717) is 12.5 Å². The first-order chi connectivity index (χ1) is 11.6. The number of rotatable bonds is 9. The van der Waals surface area contributed by atoms with Gasteiger partial charge in [-0.05, 0) is 24.5 Å². The average molecular weight is 413 g/mol. The van der Waals surface area contributed by atoms with Crippen LogP contribution in [0.5, 0.6) is 0 Å². The summed E-state index contributed by atoms with van der Waals surface area (Å²) in [6.45, 7) is 4.66. The van der Waals surface area contributed by atoms with Crippen molar-refractivity contribution in [3.8, 4) is 0 Å². The summed E-state index contributed by atoms with van der Waals surface area (Å²) in [6, 6.07) is 4.51. The van der Waals surface area contributed by atoms with E-state index in [4.69, 9.17) is 33.0 Å². The van der Waals surface area contributed by atoms with E-state index in [1.165, 1.54) is 25.3 Å². The molecular formula is C17H26Cl2O5S. The molecule has 1 aromatic rings. The molecule has 1 aromatic carbocycles. The van der Waals surface area contributed by atoms with Crippen molar-refractivity contribution >= 4 is 39.0 Å². The first-order valence-electron chi connectivity index (χ1n) is 8.03. The van der Waals surface area contributed by atoms with Crippen LogP contribution in [0.25, 0.3) is 0 Å². The quantitative estimate of drug-likeness (QED) is 0.594. The highest BCUT2D eigenvalue weighted by Crippen LogP contribution is 2.28. The van der Waals surface area contributed by atoms with E-state index in [0.717, 1.165) is 12.7 Å². The van der Waals surface area contributed by atoms with Gasteiger partial charge in [0.25, 0.3) is 0 Å². The maximum Gasteiger partial charge on any atom is 0.329 e. The zero-order chi connectivity index (χ0) is 19.5. The number of carboxylic acids is 1. The van der Waals surface area contributed by atoms with E-state index < -0.39 is 15.8 Å². The monoisotopic (exact) mass is 412 g/mol. The van der Waals surface area contributed by atoms with Gasteiger partial charge in [0, 0.05) is 12.9 Å². The number of carboxylic acid groups (broad SMARTS) is 1. The molecule has 0 radical (unpaired) electrons. The fourth-order valence-electron chi connectivity index (χ4n) is 1.94. The minimum atomic E-state index is -3.27. The van der Waals surface area contributed by atoms with Crippen molar-refractivity contribution in [1.82, 2.24) is 0 Å². The third kappa shape index (κ3) is 11.4. The normalized spacial score (nSPS) is 12.2. The third-order valence-electron chi connectivity index (χ3n) is 3.24. The molecule has 1 rings (SSSR count). The predicted octanol–water partition coefficient (Wildman–Crippen LogP) is 4.70. The summed E-state index contributed by atoms with van der Waals surface area (Å²) in [5, 5.41) is 8.65. The molecule has 8 heteroatoms. The summed E-state index contributed by atoms with van der Waals surface area (Å²) in [5.74, 6) is -0.411. The molecule has 0 aliphatic heterocycles. The van der Waals surface area contributed by atoms with Gasteiger partial charge in [-0.3, -0.25) is 0 Å². The topological polar surface area (TPSA) is 80.7 Å². The molecule has 0 amide bonds. The molecule has 0 aliphatic carbocycles. The number of unbranched alkanes of at least 4 members (excludes halogenated alkanes) is 2. The van der Waals surface area contributed by atoms with Crippen LogP contribution in [0.2, 0.25) is 10.0 Å². The van der Waals surface area contributed by atoms with Gasteiger partial charge in [-0.25, -0.2) is 13.2 Å². The number of halogens is 2. The van der Waals surface area contributed by atoms with Gasteiger partial charge in [-0.2, -0.15) is 0 Å². The zero-order valence-corrected chi connectivity index (χ0v) is 17.1. The fourth-order valence-corrected chi connectivity index (χ4v) is 3.48. The molecule has 0 heterocycles. The van der Waals surface area contributed by atoms with Crippen LogP contribution < -0.4 is 0 Å². The molecule has 5 nitrogen and oxygen atoms in total. The van der Waals surface area contributed by atoms with Crippen molar-refractivity contribution in [2.45, 2.75) is 44.4 Å². The van der Waals surface area contributed by atoms with Crippen molar-refractivity contribution in [2.24, 2.45) is 5.92 Å². The lowest BCUT2D eigenvalue weighted by Crippen LogP contribution is -2.12. The van der Waals surface area contributed by atoms with Crippen LogP contribution in [0, 0.1) is 5.92 Å². The first kappa shape index (κ1) is 24.2. The summed E-state index contributed by atoms with van der Waals surface area (Å²) >= 11 is 11.3. The van der Waals surface area contributed by atoms with E-state index in [1.807, 2.05) is 0 Å². The van der Waals surface area contributed by atoms with Crippen LogP contribution >= 0.6 is 23.2 Å². The zero-order valence-electron chi connectivity index (χ0n) is 14.8. The number of aliphatic carboxylic acids is 1. The third-order valence-corrected chi connectivity index (χ3v) is 5.31. The lowest BCUT2D eigenvalue weighted by molar-refractivity contribution is -0.142. The molecule has 0 bridgehead atoms. The molecule has 0 spiro atoms. The lowest BCUT2D eigenvalue weighted by atomic mass is 10.0. The van der Waals surface area contributed by atoms with Crippen LogP contribution in [-0.2, 0) is 19.4 Å². The van der Waals surface area contributed by atoms with Crippen LogP contribution in [0.3, 0.4) is 0 Å². The Morgan fingerprint density at radius 1 is 1.28 bits per heavy atom. The second-order valence-corrected chi connectivity index (χ2v) is 8.60. The summed E-state index contributed by atoms with van der Waals surface area (Å²) in [6.07, 6.45) is 5.91. The Hall–Kier alpha value is -0.820. The predicted molar refractivity (Wildman–Crippen MR) is 101 cm³/mol. The van der Waals surface area contributed by atoms with E-state index >= 15 is 0 Å². The highest BCUT2D eigenvalue weighted by atomic mass is 35.5. The van der Waals surface area contributed by atoms with Gasteiger partial charge in [0.05, 0.1) is 14.9 Å². The van der Waals surface area contributed by atoms with Crippen LogP contribution in [-0.4, -0.2) is 39.0 Å². The van der Waals surface area contributed by atoms with Crippen molar-refractivity contribution in [3.05, 3.63) is 28.2 Å². The van der Waals surface area contributed by atoms with Gasteiger partial charge in [-0.15, -0.1) is 0 Å². The van der Waals surface area contributed by atoms with Gasteiger partial charge in [0.15, 0.2) is 9.84 Å². The number of ether oxygens (including phenoxy) is 1. The van der Waals surface area contributed by atoms with Crippen molar-refractivity contribution in [1.29, 1.82) is 0 Å². The van der Waals surface area contributed by atoms with E-state index in [1.54, 1.807) is 12.1 Å². The SMILES string of the molecule is CCCCCC(C)COCC(=O)O.CS(=O)(=O)c1cccc(Cl)c1Cl. The molecule has 0 aromatic heterocycles. The first-order valence-corrected chi connectivity index (χ1v) is 10.7. The van der Waals surface area contributed by atoms with E-state index in [2.05, 4.69) is 13.8 Å². The number of sulfone groups is 1. The van der Waals surface area contributed by atoms with Crippen LogP contribution in [0.15, 0.2) is 23.1 Å². The maximum atomic E-state index is 11.1. The van der Waals surface area contributed by atoms with Gasteiger partial charge < -0.3 is 9.84 Å². The van der Waals surface area contributed by atoms with E-state index in [9.17, 15) is 13.2 Å². The lowest BCUT2D eigenvalue weighted by Gasteiger charge is -2.09. The average Bonchev–Trinajstić information content (AvgIpc) is 2.49. The van der Waals surface area contributed by atoms with Crippen molar-refractivity contribution in [3.63, 3.8) is 0 Å². The minimum Gasteiger partial charge on any atom is -0.480 e. The number of carbonyl (C=O) groups is 1. The van der Waals surface area contributed by atoms with Crippen molar-refractivity contribution < 1.29 is 23.1 Å². The number of hydrogen-bond donors (Lipinski definition) is 1. The number of benzene rings is 1. The molecule has 1 atom stereocenters. The van der Waals surface area contributed by atoms with Gasteiger partial charge in [-0.1, -0.05) is 62.4 Å². The molecule has 0 saturated heterocycles. The highest BCUT2D eigenvalue weighted by Gasteiger charge is 2.13. The van der Waals surface area contributed by atoms with E-state index in [-0.39, 0.29) is 21.5 Å².